The molecule has 0 bridgehead atoms. The SMILES string of the molecule is CC(=O)N1C(=O)/C(=C2\SC(=Nc3cccc(C(=O)O)c3)N(C)C2=O)c2ccccc21. The Labute approximate surface area is 175 Å². The molecule has 9 heteroatoms. The third-order valence-corrected chi connectivity index (χ3v) is 5.80. The highest BCUT2D eigenvalue weighted by Crippen LogP contribution is 2.44. The van der Waals surface area contributed by atoms with Gasteiger partial charge < -0.3 is 5.11 Å². The first-order valence-corrected chi connectivity index (χ1v) is 9.68. The van der Waals surface area contributed by atoms with E-state index in [0.29, 0.717) is 22.1 Å². The number of nitrogens with zero attached hydrogens (tertiary/aromatic N) is 3. The Morgan fingerprint density at radius 1 is 1.03 bits per heavy atom. The molecule has 150 valence electrons. The number of benzene rings is 2. The number of carbonyl (C=O) groups excluding carboxylic acids is 3. The van der Waals surface area contributed by atoms with Gasteiger partial charge in [-0.05, 0) is 36.0 Å². The topological polar surface area (TPSA) is 107 Å². The second-order valence-corrected chi connectivity index (χ2v) is 7.57. The Kier molecular flexibility index (Phi) is 4.75. The first-order chi connectivity index (χ1) is 14.3. The average Bonchev–Trinajstić information content (AvgIpc) is 3.15. The number of carbonyl (C=O) groups is 4. The van der Waals surface area contributed by atoms with Gasteiger partial charge in [0.1, 0.15) is 0 Å². The van der Waals surface area contributed by atoms with Gasteiger partial charge in [-0.25, -0.2) is 14.7 Å². The number of aliphatic imine (C=N–C) groups is 1. The van der Waals surface area contributed by atoms with E-state index in [-0.39, 0.29) is 16.0 Å². The molecule has 0 aliphatic carbocycles. The van der Waals surface area contributed by atoms with E-state index >= 15 is 0 Å². The molecule has 1 fully saturated rings. The van der Waals surface area contributed by atoms with Gasteiger partial charge in [-0.15, -0.1) is 0 Å². The van der Waals surface area contributed by atoms with Crippen molar-refractivity contribution in [2.45, 2.75) is 6.92 Å². The number of imide groups is 1. The standard InChI is InChI=1S/C21H15N3O5S/c1-11(25)24-15-9-4-3-8-14(15)16(18(24)26)17-19(27)23(2)21(30-17)22-13-7-5-6-12(10-13)20(28)29/h3-10H,1-2H3,(H,28,29)/b17-16-,22-21?. The van der Waals surface area contributed by atoms with Gasteiger partial charge in [0.05, 0.1) is 27.4 Å². The fourth-order valence-corrected chi connectivity index (χ4v) is 4.34. The maximum Gasteiger partial charge on any atom is 0.335 e. The van der Waals surface area contributed by atoms with Crippen molar-refractivity contribution in [2.24, 2.45) is 4.99 Å². The van der Waals surface area contributed by atoms with Gasteiger partial charge in [-0.2, -0.15) is 0 Å². The fourth-order valence-electron chi connectivity index (χ4n) is 3.27. The molecule has 2 aliphatic heterocycles. The number of carboxylic acids is 1. The van der Waals surface area contributed by atoms with Gasteiger partial charge >= 0.3 is 5.97 Å². The summed E-state index contributed by atoms with van der Waals surface area (Å²) in [6.45, 7) is 1.29. The van der Waals surface area contributed by atoms with Gasteiger partial charge in [0.15, 0.2) is 5.17 Å². The summed E-state index contributed by atoms with van der Waals surface area (Å²) in [6, 6.07) is 12.8. The van der Waals surface area contributed by atoms with Crippen molar-refractivity contribution in [3.05, 3.63) is 64.6 Å². The number of hydrogen-bond acceptors (Lipinski definition) is 6. The molecule has 1 N–H and O–H groups in total. The monoisotopic (exact) mass is 421 g/mol. The number of likely N-dealkylation sites (N-methyl/N-ethyl adjacent to an activating group) is 1. The molecular formula is C21H15N3O5S. The van der Waals surface area contributed by atoms with Gasteiger partial charge in [-0.3, -0.25) is 19.3 Å². The van der Waals surface area contributed by atoms with Gasteiger partial charge in [0.2, 0.25) is 5.91 Å². The molecule has 0 spiro atoms. The van der Waals surface area contributed by atoms with E-state index in [9.17, 15) is 19.2 Å². The van der Waals surface area contributed by atoms with Crippen LogP contribution in [0.1, 0.15) is 22.8 Å². The van der Waals surface area contributed by atoms with Gasteiger partial charge in [-0.1, -0.05) is 24.3 Å². The van der Waals surface area contributed by atoms with Crippen LogP contribution in [-0.2, 0) is 14.4 Å². The number of anilines is 1. The van der Waals surface area contributed by atoms with Crippen molar-refractivity contribution in [1.82, 2.24) is 4.90 Å². The van der Waals surface area contributed by atoms with E-state index in [4.69, 9.17) is 5.11 Å². The van der Waals surface area contributed by atoms with Crippen molar-refractivity contribution in [3.63, 3.8) is 0 Å². The van der Waals surface area contributed by atoms with Crippen LogP contribution in [0, 0.1) is 0 Å². The van der Waals surface area contributed by atoms with E-state index < -0.39 is 23.7 Å². The highest BCUT2D eigenvalue weighted by molar-refractivity contribution is 8.18. The average molecular weight is 421 g/mol. The van der Waals surface area contributed by atoms with Crippen LogP contribution in [0.15, 0.2) is 58.4 Å². The molecular weight excluding hydrogens is 406 g/mol. The number of aromatic carboxylic acids is 1. The van der Waals surface area contributed by atoms with Crippen LogP contribution in [0.5, 0.6) is 0 Å². The maximum absolute atomic E-state index is 13.0. The normalized spacial score (nSPS) is 19.6. The van der Waals surface area contributed by atoms with Crippen molar-refractivity contribution in [1.29, 1.82) is 0 Å². The number of amidine groups is 1. The lowest BCUT2D eigenvalue weighted by Gasteiger charge is -2.11. The molecule has 0 aromatic heterocycles. The van der Waals surface area contributed by atoms with Crippen LogP contribution in [0.4, 0.5) is 11.4 Å². The Morgan fingerprint density at radius 2 is 1.77 bits per heavy atom. The summed E-state index contributed by atoms with van der Waals surface area (Å²) < 4.78 is 0. The molecule has 2 heterocycles. The van der Waals surface area contributed by atoms with Crippen LogP contribution >= 0.6 is 11.8 Å². The molecule has 1 saturated heterocycles. The molecule has 0 radical (unpaired) electrons. The highest BCUT2D eigenvalue weighted by atomic mass is 32.2. The summed E-state index contributed by atoms with van der Waals surface area (Å²) in [5.74, 6) is -2.49. The summed E-state index contributed by atoms with van der Waals surface area (Å²) in [7, 11) is 1.52. The number of amides is 3. The van der Waals surface area contributed by atoms with E-state index in [0.717, 1.165) is 16.7 Å². The largest absolute Gasteiger partial charge is 0.478 e. The zero-order valence-electron chi connectivity index (χ0n) is 15.9. The molecule has 0 saturated carbocycles. The minimum Gasteiger partial charge on any atom is -0.478 e. The molecule has 0 atom stereocenters. The fraction of sp³-hybridized carbons (Fsp3) is 0.0952. The van der Waals surface area contributed by atoms with Crippen molar-refractivity contribution in [2.75, 3.05) is 11.9 Å². The van der Waals surface area contributed by atoms with Crippen LogP contribution < -0.4 is 4.90 Å². The second kappa shape index (κ2) is 7.27. The quantitative estimate of drug-likeness (QED) is 0.747. The zero-order valence-corrected chi connectivity index (χ0v) is 16.8. The minimum atomic E-state index is -1.08. The summed E-state index contributed by atoms with van der Waals surface area (Å²) >= 11 is 1.01. The highest BCUT2D eigenvalue weighted by Gasteiger charge is 2.42. The van der Waals surface area contributed by atoms with Crippen LogP contribution in [0.3, 0.4) is 0 Å². The molecule has 4 rings (SSSR count). The number of thioether (sulfide) groups is 1. The van der Waals surface area contributed by atoms with Crippen LogP contribution in [0.2, 0.25) is 0 Å². The van der Waals surface area contributed by atoms with E-state index in [1.54, 1.807) is 36.4 Å². The summed E-state index contributed by atoms with van der Waals surface area (Å²) in [5.41, 5.74) is 1.55. The summed E-state index contributed by atoms with van der Waals surface area (Å²) in [6.07, 6.45) is 0. The third-order valence-electron chi connectivity index (χ3n) is 4.67. The Hall–Kier alpha value is -3.72. The second-order valence-electron chi connectivity index (χ2n) is 6.60. The molecule has 3 amide bonds. The van der Waals surface area contributed by atoms with E-state index in [2.05, 4.69) is 4.99 Å². The first kappa shape index (κ1) is 19.6. The molecule has 0 unspecified atom stereocenters. The molecule has 8 nitrogen and oxygen atoms in total. The minimum absolute atomic E-state index is 0.0735. The van der Waals surface area contributed by atoms with Crippen LogP contribution in [-0.4, -0.2) is 45.9 Å². The van der Waals surface area contributed by atoms with Crippen molar-refractivity contribution < 1.29 is 24.3 Å². The third kappa shape index (κ3) is 3.09. The lowest BCUT2D eigenvalue weighted by molar-refractivity contribution is -0.123. The number of hydrogen-bond donors (Lipinski definition) is 1. The molecule has 2 aromatic rings. The van der Waals surface area contributed by atoms with E-state index in [1.165, 1.54) is 31.0 Å². The zero-order chi connectivity index (χ0) is 21.6. The van der Waals surface area contributed by atoms with E-state index in [1.807, 2.05) is 0 Å². The summed E-state index contributed by atoms with van der Waals surface area (Å²) in [4.78, 5) is 56.0. The van der Waals surface area contributed by atoms with Gasteiger partial charge in [0.25, 0.3) is 11.8 Å². The molecule has 2 aromatic carbocycles. The summed E-state index contributed by atoms with van der Waals surface area (Å²) in [5, 5.41) is 9.45. The number of carboxylic acid groups (broad SMARTS) is 1. The number of para-hydroxylation sites is 1. The number of fused-ring (bicyclic) bond motifs is 1. The lowest BCUT2D eigenvalue weighted by Crippen LogP contribution is -2.31. The molecule has 2 aliphatic rings. The van der Waals surface area contributed by atoms with Gasteiger partial charge in [0, 0.05) is 19.5 Å². The first-order valence-electron chi connectivity index (χ1n) is 8.86. The predicted molar refractivity (Wildman–Crippen MR) is 112 cm³/mol. The molecule has 30 heavy (non-hydrogen) atoms. The Bertz CT molecular complexity index is 1200. The van der Waals surface area contributed by atoms with Crippen molar-refractivity contribution in [3.8, 4) is 0 Å². The smallest absolute Gasteiger partial charge is 0.335 e. The number of rotatable bonds is 2. The predicted octanol–water partition coefficient (Wildman–Crippen LogP) is 2.88. The Balaban J connectivity index is 1.80. The maximum atomic E-state index is 13.0. The van der Waals surface area contributed by atoms with Crippen molar-refractivity contribution >= 4 is 57.6 Å². The lowest BCUT2D eigenvalue weighted by atomic mass is 10.1. The van der Waals surface area contributed by atoms with Crippen LogP contribution in [0.25, 0.3) is 5.57 Å². The Morgan fingerprint density at radius 3 is 2.47 bits per heavy atom.